The zero-order valence-corrected chi connectivity index (χ0v) is 8.39. The van der Waals surface area contributed by atoms with Gasteiger partial charge in [-0.2, -0.15) is 0 Å². The Kier molecular flexibility index (Phi) is 2.79. The number of nitrogens with two attached hydrogens (primary N) is 1. The maximum atomic E-state index is 5.70. The van der Waals surface area contributed by atoms with Crippen LogP contribution in [0, 0.1) is 5.92 Å². The highest BCUT2D eigenvalue weighted by Crippen LogP contribution is 2.31. The van der Waals surface area contributed by atoms with Crippen molar-refractivity contribution in [2.45, 2.75) is 18.9 Å². The molecule has 2 heterocycles. The maximum absolute atomic E-state index is 5.70. The van der Waals surface area contributed by atoms with E-state index in [1.807, 2.05) is 13.2 Å². The van der Waals surface area contributed by atoms with Crippen LogP contribution in [0.15, 0.2) is 6.20 Å². The molecule has 0 aromatic carbocycles. The summed E-state index contributed by atoms with van der Waals surface area (Å²) in [5.41, 5.74) is 6.61. The first-order valence-electron chi connectivity index (χ1n) is 4.99. The zero-order valence-electron chi connectivity index (χ0n) is 8.39. The third-order valence-electron chi connectivity index (χ3n) is 2.66. The van der Waals surface area contributed by atoms with Crippen molar-refractivity contribution in [3.63, 3.8) is 0 Å². The summed E-state index contributed by atoms with van der Waals surface area (Å²) >= 11 is 0. The van der Waals surface area contributed by atoms with Crippen molar-refractivity contribution in [1.29, 1.82) is 0 Å². The molecule has 78 valence electrons. The van der Waals surface area contributed by atoms with E-state index in [0.29, 0.717) is 12.5 Å². The fourth-order valence-corrected chi connectivity index (χ4v) is 1.91. The molecule has 0 saturated carbocycles. The van der Waals surface area contributed by atoms with Crippen molar-refractivity contribution >= 4 is 0 Å². The quantitative estimate of drug-likeness (QED) is 0.736. The Morgan fingerprint density at radius 2 is 2.57 bits per heavy atom. The number of rotatable bonds is 2. The van der Waals surface area contributed by atoms with E-state index in [0.717, 1.165) is 25.1 Å². The highest BCUT2D eigenvalue weighted by atomic mass is 16.5. The molecule has 1 aromatic heterocycles. The molecule has 14 heavy (non-hydrogen) atoms. The fraction of sp³-hybridized carbons (Fsp3) is 0.778. The predicted octanol–water partition coefficient (Wildman–Crippen LogP) is 0.241. The second-order valence-electron chi connectivity index (χ2n) is 3.75. The molecule has 0 bridgehead atoms. The molecule has 5 nitrogen and oxygen atoms in total. The van der Waals surface area contributed by atoms with Gasteiger partial charge in [-0.3, -0.25) is 4.68 Å². The van der Waals surface area contributed by atoms with Crippen molar-refractivity contribution in [2.75, 3.05) is 13.2 Å². The molecule has 2 N–H and O–H groups in total. The smallest absolute Gasteiger partial charge is 0.112 e. The van der Waals surface area contributed by atoms with Crippen LogP contribution in [0.1, 0.15) is 24.6 Å². The molecule has 1 aliphatic rings. The van der Waals surface area contributed by atoms with Gasteiger partial charge in [-0.05, 0) is 19.4 Å². The molecule has 0 amide bonds. The molecule has 1 aromatic rings. The largest absolute Gasteiger partial charge is 0.371 e. The summed E-state index contributed by atoms with van der Waals surface area (Å²) in [7, 11) is 1.86. The van der Waals surface area contributed by atoms with Crippen molar-refractivity contribution in [3.05, 3.63) is 11.9 Å². The number of nitrogens with zero attached hydrogens (tertiary/aromatic N) is 3. The number of aryl methyl sites for hydroxylation is 1. The van der Waals surface area contributed by atoms with E-state index in [1.165, 1.54) is 0 Å². The number of hydrogen-bond donors (Lipinski definition) is 1. The second kappa shape index (κ2) is 4.06. The normalized spacial score (nSPS) is 27.9. The Morgan fingerprint density at radius 1 is 1.71 bits per heavy atom. The van der Waals surface area contributed by atoms with Gasteiger partial charge in [-0.1, -0.05) is 5.21 Å². The molecule has 0 radical (unpaired) electrons. The van der Waals surface area contributed by atoms with Crippen LogP contribution in [0.3, 0.4) is 0 Å². The summed E-state index contributed by atoms with van der Waals surface area (Å²) in [6, 6.07) is 0. The summed E-state index contributed by atoms with van der Waals surface area (Å²) in [5.74, 6) is 0.389. The van der Waals surface area contributed by atoms with Gasteiger partial charge in [-0.15, -0.1) is 5.10 Å². The Labute approximate surface area is 83.2 Å². The Hall–Kier alpha value is -0.940. The molecular weight excluding hydrogens is 180 g/mol. The summed E-state index contributed by atoms with van der Waals surface area (Å²) in [5, 5.41) is 7.98. The highest BCUT2D eigenvalue weighted by molar-refractivity contribution is 5.01. The third-order valence-corrected chi connectivity index (χ3v) is 2.66. The lowest BCUT2D eigenvalue weighted by Gasteiger charge is -2.29. The fourth-order valence-electron chi connectivity index (χ4n) is 1.91. The van der Waals surface area contributed by atoms with Crippen LogP contribution in [-0.2, 0) is 11.8 Å². The molecule has 2 atom stereocenters. The van der Waals surface area contributed by atoms with Crippen molar-refractivity contribution in [3.8, 4) is 0 Å². The summed E-state index contributed by atoms with van der Waals surface area (Å²) in [6.07, 6.45) is 4.16. The monoisotopic (exact) mass is 196 g/mol. The minimum atomic E-state index is 0.0439. The molecule has 0 spiro atoms. The van der Waals surface area contributed by atoms with Gasteiger partial charge in [-0.25, -0.2) is 0 Å². The zero-order chi connectivity index (χ0) is 9.97. The van der Waals surface area contributed by atoms with Gasteiger partial charge in [0.1, 0.15) is 11.8 Å². The van der Waals surface area contributed by atoms with Crippen LogP contribution in [0.5, 0.6) is 0 Å². The SMILES string of the molecule is Cn1cc(C2OCCCC2CN)nn1. The van der Waals surface area contributed by atoms with Crippen molar-refractivity contribution < 1.29 is 4.74 Å². The van der Waals surface area contributed by atoms with Gasteiger partial charge >= 0.3 is 0 Å². The first-order chi connectivity index (χ1) is 6.81. The van der Waals surface area contributed by atoms with E-state index in [9.17, 15) is 0 Å². The standard InChI is InChI=1S/C9H16N4O/c1-13-6-8(11-12-13)9-7(5-10)3-2-4-14-9/h6-7,9H,2-5,10H2,1H3. The molecular formula is C9H16N4O. The molecule has 1 aliphatic heterocycles. The lowest BCUT2D eigenvalue weighted by molar-refractivity contribution is -0.0277. The molecule has 1 saturated heterocycles. The number of hydrogen-bond acceptors (Lipinski definition) is 4. The molecule has 1 fully saturated rings. The Morgan fingerprint density at radius 3 is 3.21 bits per heavy atom. The van der Waals surface area contributed by atoms with Gasteiger partial charge in [0.15, 0.2) is 0 Å². The van der Waals surface area contributed by atoms with Gasteiger partial charge in [0.25, 0.3) is 0 Å². The minimum Gasteiger partial charge on any atom is -0.371 e. The molecule has 0 aliphatic carbocycles. The summed E-state index contributed by atoms with van der Waals surface area (Å²) in [6.45, 7) is 1.46. The summed E-state index contributed by atoms with van der Waals surface area (Å²) in [4.78, 5) is 0. The lowest BCUT2D eigenvalue weighted by Crippen LogP contribution is -2.28. The average molecular weight is 196 g/mol. The predicted molar refractivity (Wildman–Crippen MR) is 51.5 cm³/mol. The Balaban J connectivity index is 2.14. The van der Waals surface area contributed by atoms with Gasteiger partial charge in [0, 0.05) is 19.6 Å². The van der Waals surface area contributed by atoms with Crippen LogP contribution in [0.25, 0.3) is 0 Å². The maximum Gasteiger partial charge on any atom is 0.112 e. The van der Waals surface area contributed by atoms with Crippen LogP contribution >= 0.6 is 0 Å². The van der Waals surface area contributed by atoms with E-state index in [-0.39, 0.29) is 6.10 Å². The minimum absolute atomic E-state index is 0.0439. The van der Waals surface area contributed by atoms with Crippen LogP contribution < -0.4 is 5.73 Å². The first-order valence-corrected chi connectivity index (χ1v) is 4.99. The van der Waals surface area contributed by atoms with E-state index < -0.39 is 0 Å². The third kappa shape index (κ3) is 1.78. The van der Waals surface area contributed by atoms with E-state index in [2.05, 4.69) is 10.3 Å². The van der Waals surface area contributed by atoms with E-state index in [4.69, 9.17) is 10.5 Å². The van der Waals surface area contributed by atoms with Crippen LogP contribution in [-0.4, -0.2) is 28.1 Å². The average Bonchev–Trinajstić information content (AvgIpc) is 2.65. The highest BCUT2D eigenvalue weighted by Gasteiger charge is 2.28. The number of aromatic nitrogens is 3. The second-order valence-corrected chi connectivity index (χ2v) is 3.75. The van der Waals surface area contributed by atoms with Gasteiger partial charge < -0.3 is 10.5 Å². The van der Waals surface area contributed by atoms with Crippen molar-refractivity contribution in [1.82, 2.24) is 15.0 Å². The molecule has 2 unspecified atom stereocenters. The van der Waals surface area contributed by atoms with E-state index in [1.54, 1.807) is 4.68 Å². The van der Waals surface area contributed by atoms with Gasteiger partial charge in [0.2, 0.25) is 0 Å². The molecule has 5 heteroatoms. The molecule has 2 rings (SSSR count). The lowest BCUT2D eigenvalue weighted by atomic mass is 9.93. The first kappa shape index (κ1) is 9.61. The van der Waals surface area contributed by atoms with E-state index >= 15 is 0 Å². The number of ether oxygens (including phenoxy) is 1. The Bertz CT molecular complexity index is 299. The topological polar surface area (TPSA) is 66.0 Å². The van der Waals surface area contributed by atoms with Crippen LogP contribution in [0.4, 0.5) is 0 Å². The van der Waals surface area contributed by atoms with Gasteiger partial charge in [0.05, 0.1) is 6.20 Å². The summed E-state index contributed by atoms with van der Waals surface area (Å²) < 4.78 is 7.38. The van der Waals surface area contributed by atoms with Crippen LogP contribution in [0.2, 0.25) is 0 Å². The van der Waals surface area contributed by atoms with Crippen molar-refractivity contribution in [2.24, 2.45) is 18.7 Å².